The van der Waals surface area contributed by atoms with Crippen molar-refractivity contribution in [3.63, 3.8) is 0 Å². The molecule has 0 aromatic heterocycles. The topological polar surface area (TPSA) is 42.2 Å². The summed E-state index contributed by atoms with van der Waals surface area (Å²) in [6.45, 7) is 3.42. The van der Waals surface area contributed by atoms with E-state index in [4.69, 9.17) is 14.7 Å². The highest BCUT2D eigenvalue weighted by Crippen LogP contribution is 1.95. The SMILES string of the molecule is COC(C)OC(C)C#N. The van der Waals surface area contributed by atoms with Crippen LogP contribution < -0.4 is 0 Å². The highest BCUT2D eigenvalue weighted by molar-refractivity contribution is 4.79. The molecule has 3 heteroatoms. The van der Waals surface area contributed by atoms with Crippen molar-refractivity contribution in [2.24, 2.45) is 0 Å². The van der Waals surface area contributed by atoms with Crippen LogP contribution in [0.5, 0.6) is 0 Å². The summed E-state index contributed by atoms with van der Waals surface area (Å²) in [7, 11) is 1.54. The minimum atomic E-state index is -0.389. The van der Waals surface area contributed by atoms with Crippen LogP contribution in [0.25, 0.3) is 0 Å². The molecule has 52 valence electrons. The molecular weight excluding hydrogens is 118 g/mol. The van der Waals surface area contributed by atoms with Gasteiger partial charge in [0.2, 0.25) is 0 Å². The molecule has 0 rings (SSSR count). The molecule has 0 spiro atoms. The summed E-state index contributed by atoms with van der Waals surface area (Å²) in [4.78, 5) is 0. The minimum Gasteiger partial charge on any atom is -0.356 e. The number of ether oxygens (including phenoxy) is 2. The van der Waals surface area contributed by atoms with Crippen LogP contribution >= 0.6 is 0 Å². The molecule has 0 saturated carbocycles. The van der Waals surface area contributed by atoms with Crippen LogP contribution in [0.3, 0.4) is 0 Å². The number of hydrogen-bond donors (Lipinski definition) is 0. The number of hydrogen-bond acceptors (Lipinski definition) is 3. The van der Waals surface area contributed by atoms with Gasteiger partial charge in [-0.05, 0) is 13.8 Å². The predicted molar refractivity (Wildman–Crippen MR) is 32.6 cm³/mol. The monoisotopic (exact) mass is 129 g/mol. The molecule has 0 heterocycles. The first-order chi connectivity index (χ1) is 4.20. The molecule has 0 aliphatic rings. The maximum absolute atomic E-state index is 8.25. The lowest BCUT2D eigenvalue weighted by Crippen LogP contribution is -2.16. The zero-order valence-electron chi connectivity index (χ0n) is 5.92. The molecule has 0 aliphatic carbocycles. The van der Waals surface area contributed by atoms with Gasteiger partial charge < -0.3 is 9.47 Å². The van der Waals surface area contributed by atoms with Crippen LogP contribution in [0.4, 0.5) is 0 Å². The molecule has 0 radical (unpaired) electrons. The molecule has 2 atom stereocenters. The van der Waals surface area contributed by atoms with Crippen molar-refractivity contribution in [3.05, 3.63) is 0 Å². The number of nitriles is 1. The Morgan fingerprint density at radius 3 is 2.33 bits per heavy atom. The van der Waals surface area contributed by atoms with E-state index in [1.165, 1.54) is 7.11 Å². The molecular formula is C6H11NO2. The zero-order chi connectivity index (χ0) is 7.28. The van der Waals surface area contributed by atoms with E-state index in [1.54, 1.807) is 13.8 Å². The summed E-state index contributed by atoms with van der Waals surface area (Å²) in [6, 6.07) is 1.93. The maximum Gasteiger partial charge on any atom is 0.156 e. The van der Waals surface area contributed by atoms with Gasteiger partial charge in [0.1, 0.15) is 6.10 Å². The van der Waals surface area contributed by atoms with E-state index in [0.29, 0.717) is 0 Å². The molecule has 0 aliphatic heterocycles. The van der Waals surface area contributed by atoms with E-state index in [0.717, 1.165) is 0 Å². The minimum absolute atomic E-state index is 0.292. The van der Waals surface area contributed by atoms with Crippen molar-refractivity contribution in [3.8, 4) is 6.07 Å². The van der Waals surface area contributed by atoms with Crippen LogP contribution in [0.1, 0.15) is 13.8 Å². The fourth-order valence-electron chi connectivity index (χ4n) is 0.373. The van der Waals surface area contributed by atoms with Crippen LogP contribution in [0.15, 0.2) is 0 Å². The molecule has 0 bridgehead atoms. The molecule has 9 heavy (non-hydrogen) atoms. The van der Waals surface area contributed by atoms with Crippen molar-refractivity contribution in [1.82, 2.24) is 0 Å². The highest BCUT2D eigenvalue weighted by Gasteiger charge is 2.03. The summed E-state index contributed by atoms with van der Waals surface area (Å²) in [5.41, 5.74) is 0. The van der Waals surface area contributed by atoms with Gasteiger partial charge in [-0.25, -0.2) is 0 Å². The van der Waals surface area contributed by atoms with Crippen molar-refractivity contribution in [2.45, 2.75) is 26.2 Å². The summed E-state index contributed by atoms with van der Waals surface area (Å²) >= 11 is 0. The Kier molecular flexibility index (Phi) is 4.02. The Bertz CT molecular complexity index is 108. The molecule has 0 saturated heterocycles. The molecule has 2 unspecified atom stereocenters. The van der Waals surface area contributed by atoms with E-state index < -0.39 is 0 Å². The van der Waals surface area contributed by atoms with Crippen molar-refractivity contribution in [2.75, 3.05) is 7.11 Å². The van der Waals surface area contributed by atoms with Gasteiger partial charge in [0, 0.05) is 7.11 Å². The van der Waals surface area contributed by atoms with Gasteiger partial charge in [0.05, 0.1) is 6.07 Å². The van der Waals surface area contributed by atoms with Gasteiger partial charge >= 0.3 is 0 Å². The van der Waals surface area contributed by atoms with Gasteiger partial charge in [-0.3, -0.25) is 0 Å². The third-order valence-corrected chi connectivity index (χ3v) is 0.909. The first-order valence-corrected chi connectivity index (χ1v) is 2.78. The Morgan fingerprint density at radius 1 is 1.44 bits per heavy atom. The summed E-state index contributed by atoms with van der Waals surface area (Å²) in [5, 5.41) is 8.25. The standard InChI is InChI=1S/C6H11NO2/c1-5(4-7)9-6(2)8-3/h5-6H,1-3H3. The quantitative estimate of drug-likeness (QED) is 0.532. The number of rotatable bonds is 3. The fourth-order valence-corrected chi connectivity index (χ4v) is 0.373. The summed E-state index contributed by atoms with van der Waals surface area (Å²) in [5.74, 6) is 0. The number of nitrogens with zero attached hydrogens (tertiary/aromatic N) is 1. The smallest absolute Gasteiger partial charge is 0.156 e. The second-order valence-corrected chi connectivity index (χ2v) is 1.71. The van der Waals surface area contributed by atoms with Crippen molar-refractivity contribution < 1.29 is 9.47 Å². The Hall–Kier alpha value is -0.590. The first-order valence-electron chi connectivity index (χ1n) is 2.78. The molecule has 0 N–H and O–H groups in total. The second kappa shape index (κ2) is 4.30. The van der Waals surface area contributed by atoms with Crippen molar-refractivity contribution in [1.29, 1.82) is 5.26 Å². The Balaban J connectivity index is 3.37. The van der Waals surface area contributed by atoms with E-state index in [-0.39, 0.29) is 12.4 Å². The van der Waals surface area contributed by atoms with Gasteiger partial charge in [-0.15, -0.1) is 0 Å². The molecule has 0 fully saturated rings. The normalized spacial score (nSPS) is 16.2. The lowest BCUT2D eigenvalue weighted by Gasteiger charge is -2.11. The third kappa shape index (κ3) is 3.95. The zero-order valence-corrected chi connectivity index (χ0v) is 5.92. The average molecular weight is 129 g/mol. The Morgan fingerprint density at radius 2 is 2.00 bits per heavy atom. The summed E-state index contributed by atoms with van der Waals surface area (Å²) < 4.78 is 9.71. The van der Waals surface area contributed by atoms with Crippen LogP contribution in [-0.4, -0.2) is 19.5 Å². The Labute approximate surface area is 55.2 Å². The lowest BCUT2D eigenvalue weighted by molar-refractivity contribution is -0.124. The highest BCUT2D eigenvalue weighted by atomic mass is 16.7. The van der Waals surface area contributed by atoms with Crippen LogP contribution in [0, 0.1) is 11.3 Å². The maximum atomic E-state index is 8.25. The van der Waals surface area contributed by atoms with E-state index >= 15 is 0 Å². The van der Waals surface area contributed by atoms with Crippen molar-refractivity contribution >= 4 is 0 Å². The van der Waals surface area contributed by atoms with Gasteiger partial charge in [0.15, 0.2) is 6.29 Å². The first kappa shape index (κ1) is 8.41. The van der Waals surface area contributed by atoms with Gasteiger partial charge in [-0.1, -0.05) is 0 Å². The second-order valence-electron chi connectivity index (χ2n) is 1.71. The molecule has 0 aromatic carbocycles. The average Bonchev–Trinajstić information content (AvgIpc) is 1.87. The van der Waals surface area contributed by atoms with Gasteiger partial charge in [-0.2, -0.15) is 5.26 Å². The van der Waals surface area contributed by atoms with Crippen LogP contribution in [0.2, 0.25) is 0 Å². The fraction of sp³-hybridized carbons (Fsp3) is 0.833. The number of methoxy groups -OCH3 is 1. The van der Waals surface area contributed by atoms with Gasteiger partial charge in [0.25, 0.3) is 0 Å². The molecule has 3 nitrogen and oxygen atoms in total. The van der Waals surface area contributed by atoms with E-state index in [9.17, 15) is 0 Å². The summed E-state index contributed by atoms with van der Waals surface area (Å²) in [6.07, 6.45) is -0.681. The molecule has 0 amide bonds. The third-order valence-electron chi connectivity index (χ3n) is 0.909. The van der Waals surface area contributed by atoms with E-state index in [1.807, 2.05) is 6.07 Å². The predicted octanol–water partition coefficient (Wildman–Crippen LogP) is 0.907. The molecule has 0 aromatic rings. The lowest BCUT2D eigenvalue weighted by atomic mass is 10.4. The van der Waals surface area contributed by atoms with Crippen LogP contribution in [-0.2, 0) is 9.47 Å². The van der Waals surface area contributed by atoms with E-state index in [2.05, 4.69) is 0 Å². The largest absolute Gasteiger partial charge is 0.356 e.